The van der Waals surface area contributed by atoms with Gasteiger partial charge in [-0.15, -0.1) is 0 Å². The number of fused-ring (bicyclic) bond motifs is 1. The van der Waals surface area contributed by atoms with E-state index >= 15 is 0 Å². The number of phenols is 2. The molecular formula is C20H26N3O7S+. The number of hydrogen-bond donors (Lipinski definition) is 4. The molecule has 1 aromatic heterocycles. The lowest BCUT2D eigenvalue weighted by atomic mass is 9.91. The lowest BCUT2D eigenvalue weighted by molar-refractivity contribution is -0.887. The average Bonchev–Trinajstić information content (AvgIpc) is 2.98. The number of rotatable bonds is 6. The first-order valence-electron chi connectivity index (χ1n) is 9.55. The summed E-state index contributed by atoms with van der Waals surface area (Å²) in [6.07, 6.45) is 1.06. The molecule has 3 rings (SSSR count). The number of esters is 1. The maximum atomic E-state index is 12.5. The zero-order valence-electron chi connectivity index (χ0n) is 17.9. The van der Waals surface area contributed by atoms with Gasteiger partial charge in [-0.3, -0.25) is 0 Å². The topological polar surface area (TPSA) is 134 Å². The molecule has 4 N–H and O–H groups in total. The van der Waals surface area contributed by atoms with Crippen LogP contribution in [0.4, 0.5) is 0 Å². The first kappa shape index (κ1) is 22.6. The Hall–Kier alpha value is -3.05. The number of benzene rings is 1. The number of nitrogens with one attached hydrogen (secondary N) is 1. The van der Waals surface area contributed by atoms with Crippen LogP contribution in [0.25, 0.3) is 0 Å². The Morgan fingerprint density at radius 1 is 1.39 bits per heavy atom. The number of phenolic OH excluding ortho intramolecular Hbond substituents is 2. The van der Waals surface area contributed by atoms with E-state index < -0.39 is 35.9 Å². The van der Waals surface area contributed by atoms with Crippen molar-refractivity contribution in [3.05, 3.63) is 33.9 Å². The van der Waals surface area contributed by atoms with E-state index in [-0.39, 0.29) is 32.7 Å². The number of cyclic esters (lactones) is 1. The number of hydrogen-bond acceptors (Lipinski definition) is 7. The van der Waals surface area contributed by atoms with Crippen molar-refractivity contribution in [1.82, 2.24) is 9.55 Å². The Labute approximate surface area is 183 Å². The van der Waals surface area contributed by atoms with Gasteiger partial charge in [0, 0.05) is 17.5 Å². The van der Waals surface area contributed by atoms with Gasteiger partial charge in [0.25, 0.3) is 0 Å². The molecule has 1 aliphatic rings. The van der Waals surface area contributed by atoms with Gasteiger partial charge in [-0.25, -0.2) is 9.59 Å². The molecule has 0 amide bonds. The predicted molar refractivity (Wildman–Crippen MR) is 112 cm³/mol. The van der Waals surface area contributed by atoms with Crippen LogP contribution in [0.2, 0.25) is 0 Å². The van der Waals surface area contributed by atoms with Gasteiger partial charge in [0.2, 0.25) is 5.75 Å². The fraction of sp³-hybridized carbons (Fsp3) is 0.450. The van der Waals surface area contributed by atoms with Crippen LogP contribution < -0.4 is 4.74 Å². The number of aliphatic carboxylic acids is 1. The number of ether oxygens (including phenoxy) is 2. The quantitative estimate of drug-likeness (QED) is 0.296. The highest BCUT2D eigenvalue weighted by atomic mass is 32.1. The fourth-order valence-electron chi connectivity index (χ4n) is 3.97. The van der Waals surface area contributed by atoms with Gasteiger partial charge < -0.3 is 38.8 Å². The minimum Gasteiger partial charge on any atom is -0.504 e. The smallest absolute Gasteiger partial charge is 0.362 e. The molecule has 0 saturated carbocycles. The van der Waals surface area contributed by atoms with Crippen LogP contribution in [0, 0.1) is 4.77 Å². The number of methoxy groups -OCH3 is 1. The van der Waals surface area contributed by atoms with Crippen LogP contribution in [-0.2, 0) is 16.0 Å². The van der Waals surface area contributed by atoms with Gasteiger partial charge >= 0.3 is 11.9 Å². The number of carboxylic acid groups (broad SMARTS) is 1. The lowest BCUT2D eigenvalue weighted by Crippen LogP contribution is -2.51. The number of aromatic nitrogens is 2. The zero-order valence-corrected chi connectivity index (χ0v) is 18.7. The second-order valence-corrected chi connectivity index (χ2v) is 8.81. The van der Waals surface area contributed by atoms with Crippen LogP contribution in [0.5, 0.6) is 17.2 Å². The minimum atomic E-state index is -0.963. The van der Waals surface area contributed by atoms with Crippen LogP contribution in [0.1, 0.15) is 34.6 Å². The molecule has 3 atom stereocenters. The summed E-state index contributed by atoms with van der Waals surface area (Å²) in [4.78, 5) is 27.4. The number of aromatic amines is 1. The molecule has 31 heavy (non-hydrogen) atoms. The third-order valence-corrected chi connectivity index (χ3v) is 5.84. The summed E-state index contributed by atoms with van der Waals surface area (Å²) in [7, 11) is 6.61. The summed E-state index contributed by atoms with van der Waals surface area (Å²) in [5.74, 6) is -2.83. The highest BCUT2D eigenvalue weighted by Gasteiger charge is 2.41. The first-order chi connectivity index (χ1) is 14.4. The Bertz CT molecular complexity index is 1100. The number of aromatic hydroxyl groups is 2. The summed E-state index contributed by atoms with van der Waals surface area (Å²) in [5.41, 5.74) is 0.753. The third-order valence-electron chi connectivity index (χ3n) is 5.52. The van der Waals surface area contributed by atoms with Crippen LogP contribution >= 0.6 is 12.2 Å². The van der Waals surface area contributed by atoms with E-state index in [9.17, 15) is 24.9 Å². The Balaban J connectivity index is 2.21. The summed E-state index contributed by atoms with van der Waals surface area (Å²) >= 11 is 5.46. The summed E-state index contributed by atoms with van der Waals surface area (Å²) < 4.78 is 12.6. The number of carbonyl (C=O) groups excluding carboxylic acids is 1. The average molecular weight is 453 g/mol. The van der Waals surface area contributed by atoms with Crippen LogP contribution in [0.15, 0.2) is 12.3 Å². The largest absolute Gasteiger partial charge is 0.504 e. The summed E-state index contributed by atoms with van der Waals surface area (Å²) in [6.45, 7) is 1.66. The van der Waals surface area contributed by atoms with Gasteiger partial charge in [-0.05, 0) is 25.2 Å². The molecule has 0 spiro atoms. The third kappa shape index (κ3) is 3.86. The molecule has 2 heterocycles. The minimum absolute atomic E-state index is 0.131. The maximum Gasteiger partial charge on any atom is 0.362 e. The van der Waals surface area contributed by atoms with Gasteiger partial charge in [0.15, 0.2) is 22.3 Å². The second kappa shape index (κ2) is 7.89. The van der Waals surface area contributed by atoms with Crippen molar-refractivity contribution in [3.63, 3.8) is 0 Å². The fourth-order valence-corrected chi connectivity index (χ4v) is 4.26. The number of likely N-dealkylation sites (N-methyl/N-ethyl adjacent to an activating group) is 1. The molecule has 1 aromatic carbocycles. The molecule has 0 fully saturated rings. The molecule has 2 aromatic rings. The Morgan fingerprint density at radius 3 is 2.58 bits per heavy atom. The normalized spacial score (nSPS) is 19.5. The Kier molecular flexibility index (Phi) is 5.76. The van der Waals surface area contributed by atoms with Crippen molar-refractivity contribution in [2.75, 3.05) is 28.3 Å². The van der Waals surface area contributed by atoms with Crippen molar-refractivity contribution in [2.24, 2.45) is 0 Å². The molecular weight excluding hydrogens is 426 g/mol. The van der Waals surface area contributed by atoms with E-state index in [2.05, 4.69) is 4.98 Å². The van der Waals surface area contributed by atoms with Gasteiger partial charge in [-0.1, -0.05) is 0 Å². The van der Waals surface area contributed by atoms with Gasteiger partial charge in [0.05, 0.1) is 40.7 Å². The van der Waals surface area contributed by atoms with Crippen molar-refractivity contribution in [1.29, 1.82) is 0 Å². The number of quaternary nitrogens is 1. The van der Waals surface area contributed by atoms with E-state index in [1.807, 2.05) is 0 Å². The molecule has 11 heteroatoms. The highest BCUT2D eigenvalue weighted by Crippen LogP contribution is 2.46. The highest BCUT2D eigenvalue weighted by molar-refractivity contribution is 7.71. The van der Waals surface area contributed by atoms with E-state index in [4.69, 9.17) is 21.7 Å². The molecule has 0 bridgehead atoms. The molecule has 0 aliphatic carbocycles. The molecule has 0 saturated heterocycles. The van der Waals surface area contributed by atoms with Gasteiger partial charge in [0.1, 0.15) is 11.7 Å². The zero-order chi connectivity index (χ0) is 23.2. The molecule has 10 nitrogen and oxygen atoms in total. The second-order valence-electron chi connectivity index (χ2n) is 8.43. The van der Waals surface area contributed by atoms with E-state index in [1.54, 1.807) is 38.8 Å². The first-order valence-corrected chi connectivity index (χ1v) is 9.95. The summed E-state index contributed by atoms with van der Waals surface area (Å²) in [6, 6.07) is -0.135. The van der Waals surface area contributed by atoms with Crippen molar-refractivity contribution in [2.45, 2.75) is 31.5 Å². The maximum absolute atomic E-state index is 12.5. The SMILES string of the molecule is COc1c(O)cc2c(c1O)C(=O)OC(C)C2n1c(CC(C(=O)O)[N+](C)(C)C)c[nH]c1=S. The van der Waals surface area contributed by atoms with Crippen molar-refractivity contribution >= 4 is 24.2 Å². The van der Waals surface area contributed by atoms with Crippen LogP contribution in [-0.4, -0.2) is 81.7 Å². The van der Waals surface area contributed by atoms with E-state index in [0.717, 1.165) is 0 Å². The van der Waals surface area contributed by atoms with E-state index in [0.29, 0.717) is 11.3 Å². The standard InChI is InChI=1S/C20H25N3O7S/c1-9-15(11-7-13(24)17(29-5)16(25)14(11)19(28)30-9)22-10(8-21-20(22)31)6-12(18(26)27)23(2,3)4/h7-9,12,15H,6H2,1-5H3,(H3-,21,24,25,26,27,28,31)/p+1. The molecule has 0 radical (unpaired) electrons. The number of carbonyl (C=O) groups is 2. The molecule has 3 unspecified atom stereocenters. The number of imidazole rings is 1. The number of nitrogens with zero attached hydrogens (tertiary/aromatic N) is 2. The van der Waals surface area contributed by atoms with E-state index in [1.165, 1.54) is 13.2 Å². The van der Waals surface area contributed by atoms with Crippen molar-refractivity contribution in [3.8, 4) is 17.2 Å². The van der Waals surface area contributed by atoms with Crippen LogP contribution in [0.3, 0.4) is 0 Å². The molecule has 1 aliphatic heterocycles. The number of carboxylic acids is 1. The lowest BCUT2D eigenvalue weighted by Gasteiger charge is -2.35. The number of H-pyrrole nitrogens is 1. The van der Waals surface area contributed by atoms with Gasteiger partial charge in [-0.2, -0.15) is 0 Å². The van der Waals surface area contributed by atoms with Crippen molar-refractivity contribution < 1.29 is 38.9 Å². The monoisotopic (exact) mass is 452 g/mol. The predicted octanol–water partition coefficient (Wildman–Crippen LogP) is 1.82. The summed E-state index contributed by atoms with van der Waals surface area (Å²) in [5, 5.41) is 30.6. The molecule has 168 valence electrons. The Morgan fingerprint density at radius 2 is 2.03 bits per heavy atom.